The summed E-state index contributed by atoms with van der Waals surface area (Å²) < 4.78 is 38.2. The minimum atomic E-state index is -3.57. The average molecular weight is 497 g/mol. The first-order valence-electron chi connectivity index (χ1n) is 11.5. The lowest BCUT2D eigenvalue weighted by molar-refractivity contribution is -0.121. The quantitative estimate of drug-likeness (QED) is 0.378. The molecular weight excluding hydrogens is 464 g/mol. The summed E-state index contributed by atoms with van der Waals surface area (Å²) in [5, 5.41) is 2.92. The molecule has 0 unspecified atom stereocenters. The van der Waals surface area contributed by atoms with Gasteiger partial charge in [-0.3, -0.25) is 4.79 Å². The fourth-order valence-electron chi connectivity index (χ4n) is 3.62. The van der Waals surface area contributed by atoms with Crippen LogP contribution >= 0.6 is 0 Å². The number of nitrogens with one attached hydrogen (secondary N) is 2. The first kappa shape index (κ1) is 26.2. The van der Waals surface area contributed by atoms with Gasteiger partial charge in [-0.1, -0.05) is 48.5 Å². The van der Waals surface area contributed by atoms with E-state index in [1.54, 1.807) is 38.5 Å². The molecule has 0 bridgehead atoms. The third-order valence-corrected chi connectivity index (χ3v) is 7.08. The Morgan fingerprint density at radius 3 is 2.06 bits per heavy atom. The van der Waals surface area contributed by atoms with Crippen molar-refractivity contribution in [3.8, 4) is 11.5 Å². The molecule has 2 N–H and O–H groups in total. The van der Waals surface area contributed by atoms with Crippen LogP contribution in [0.25, 0.3) is 0 Å². The molecule has 186 valence electrons. The number of amides is 1. The Balaban J connectivity index is 1.41. The van der Waals surface area contributed by atoms with E-state index in [9.17, 15) is 13.2 Å². The lowest BCUT2D eigenvalue weighted by Crippen LogP contribution is -2.26. The van der Waals surface area contributed by atoms with Crippen molar-refractivity contribution in [1.29, 1.82) is 0 Å². The molecule has 3 rings (SSSR count). The normalized spacial score (nSPS) is 11.1. The van der Waals surface area contributed by atoms with Gasteiger partial charge in [0.1, 0.15) is 0 Å². The Labute approximate surface area is 207 Å². The van der Waals surface area contributed by atoms with Crippen molar-refractivity contribution in [1.82, 2.24) is 10.0 Å². The molecule has 0 aliphatic carbocycles. The van der Waals surface area contributed by atoms with Crippen molar-refractivity contribution in [3.63, 3.8) is 0 Å². The second-order valence-electron chi connectivity index (χ2n) is 8.07. The molecule has 7 nitrogen and oxygen atoms in total. The van der Waals surface area contributed by atoms with E-state index in [0.29, 0.717) is 50.3 Å². The zero-order chi connectivity index (χ0) is 25.1. The Bertz CT molecular complexity index is 1200. The van der Waals surface area contributed by atoms with Gasteiger partial charge in [-0.05, 0) is 60.2 Å². The summed E-state index contributed by atoms with van der Waals surface area (Å²) in [6, 6.07) is 22.1. The molecule has 3 aromatic carbocycles. The molecule has 0 saturated heterocycles. The Hall–Kier alpha value is -3.36. The van der Waals surface area contributed by atoms with Crippen LogP contribution in [0.1, 0.15) is 23.1 Å². The van der Waals surface area contributed by atoms with Crippen molar-refractivity contribution < 1.29 is 22.7 Å². The van der Waals surface area contributed by atoms with E-state index in [1.165, 1.54) is 0 Å². The average Bonchev–Trinajstić information content (AvgIpc) is 2.88. The summed E-state index contributed by atoms with van der Waals surface area (Å²) in [7, 11) is -0.390. The van der Waals surface area contributed by atoms with E-state index in [-0.39, 0.29) is 10.8 Å². The van der Waals surface area contributed by atoms with Gasteiger partial charge in [0.15, 0.2) is 11.5 Å². The van der Waals surface area contributed by atoms with E-state index < -0.39 is 10.0 Å². The summed E-state index contributed by atoms with van der Waals surface area (Å²) >= 11 is 0. The summed E-state index contributed by atoms with van der Waals surface area (Å²) in [6.45, 7) is 0.845. The van der Waals surface area contributed by atoms with Crippen LogP contribution in [0.3, 0.4) is 0 Å². The zero-order valence-electron chi connectivity index (χ0n) is 20.1. The Kier molecular flexibility index (Phi) is 9.69. The van der Waals surface area contributed by atoms with Crippen molar-refractivity contribution in [2.75, 3.05) is 27.3 Å². The van der Waals surface area contributed by atoms with Crippen LogP contribution < -0.4 is 19.5 Å². The summed E-state index contributed by atoms with van der Waals surface area (Å²) in [4.78, 5) is 12.4. The zero-order valence-corrected chi connectivity index (χ0v) is 20.9. The van der Waals surface area contributed by atoms with Gasteiger partial charge in [-0.2, -0.15) is 0 Å². The van der Waals surface area contributed by atoms with Gasteiger partial charge >= 0.3 is 0 Å². The van der Waals surface area contributed by atoms with Gasteiger partial charge in [0.2, 0.25) is 15.9 Å². The molecular formula is C27H32N2O5S. The highest BCUT2D eigenvalue weighted by Crippen LogP contribution is 2.27. The van der Waals surface area contributed by atoms with Gasteiger partial charge in [0, 0.05) is 19.5 Å². The lowest BCUT2D eigenvalue weighted by atomic mass is 10.1. The summed E-state index contributed by atoms with van der Waals surface area (Å²) in [6.07, 6.45) is 2.16. The summed E-state index contributed by atoms with van der Waals surface area (Å²) in [5.41, 5.74) is 3.02. The van der Waals surface area contributed by atoms with Crippen molar-refractivity contribution in [3.05, 3.63) is 89.5 Å². The molecule has 8 heteroatoms. The van der Waals surface area contributed by atoms with Crippen molar-refractivity contribution >= 4 is 15.9 Å². The molecule has 0 fully saturated rings. The predicted molar refractivity (Wildman–Crippen MR) is 136 cm³/mol. The molecule has 0 atom stereocenters. The highest BCUT2D eigenvalue weighted by atomic mass is 32.2. The number of carbonyl (C=O) groups is 1. The molecule has 3 aromatic rings. The molecule has 1 amide bonds. The highest BCUT2D eigenvalue weighted by molar-refractivity contribution is 7.89. The fourth-order valence-corrected chi connectivity index (χ4v) is 4.65. The standard InChI is InChI=1S/C27H32N2O5S/c1-33-25-14-10-23(20-26(25)34-2)16-18-28-27(30)15-11-22-8-12-24(13-9-22)35(31,32)29-19-17-21-6-4-3-5-7-21/h3-10,12-14,20,29H,11,15-19H2,1-2H3,(H,28,30). The molecule has 0 aliphatic heterocycles. The molecule has 35 heavy (non-hydrogen) atoms. The number of hydrogen-bond acceptors (Lipinski definition) is 5. The van der Waals surface area contributed by atoms with Gasteiger partial charge in [-0.25, -0.2) is 13.1 Å². The number of methoxy groups -OCH3 is 2. The van der Waals surface area contributed by atoms with E-state index in [2.05, 4.69) is 10.0 Å². The highest BCUT2D eigenvalue weighted by Gasteiger charge is 2.13. The molecule has 0 aromatic heterocycles. The van der Waals surface area contributed by atoms with E-state index >= 15 is 0 Å². The third kappa shape index (κ3) is 8.12. The van der Waals surface area contributed by atoms with E-state index in [1.807, 2.05) is 48.5 Å². The Morgan fingerprint density at radius 2 is 1.37 bits per heavy atom. The monoisotopic (exact) mass is 496 g/mol. The van der Waals surface area contributed by atoms with Gasteiger partial charge < -0.3 is 14.8 Å². The van der Waals surface area contributed by atoms with E-state index in [4.69, 9.17) is 9.47 Å². The number of ether oxygens (including phenoxy) is 2. The second-order valence-corrected chi connectivity index (χ2v) is 9.83. The number of benzene rings is 3. The lowest BCUT2D eigenvalue weighted by Gasteiger charge is -2.10. The third-order valence-electron chi connectivity index (χ3n) is 5.61. The van der Waals surface area contributed by atoms with Crippen LogP contribution in [0.2, 0.25) is 0 Å². The number of hydrogen-bond donors (Lipinski definition) is 2. The van der Waals surface area contributed by atoms with Crippen LogP contribution in [0.4, 0.5) is 0 Å². The van der Waals surface area contributed by atoms with Crippen molar-refractivity contribution in [2.45, 2.75) is 30.6 Å². The fraction of sp³-hybridized carbons (Fsp3) is 0.296. The SMILES string of the molecule is COc1ccc(CCNC(=O)CCc2ccc(S(=O)(=O)NCCc3ccccc3)cc2)cc1OC. The number of rotatable bonds is 13. The first-order chi connectivity index (χ1) is 16.9. The molecule has 0 aliphatic rings. The maximum atomic E-state index is 12.5. The van der Waals surface area contributed by atoms with Gasteiger partial charge in [0.05, 0.1) is 19.1 Å². The molecule has 0 saturated carbocycles. The van der Waals surface area contributed by atoms with Crippen molar-refractivity contribution in [2.24, 2.45) is 0 Å². The number of carbonyl (C=O) groups excluding carboxylic acids is 1. The summed E-state index contributed by atoms with van der Waals surface area (Å²) in [5.74, 6) is 1.28. The smallest absolute Gasteiger partial charge is 0.240 e. The van der Waals surface area contributed by atoms with Crippen LogP contribution in [0.15, 0.2) is 77.7 Å². The van der Waals surface area contributed by atoms with Crippen LogP contribution in [0.5, 0.6) is 11.5 Å². The first-order valence-corrected chi connectivity index (χ1v) is 13.0. The Morgan fingerprint density at radius 1 is 0.743 bits per heavy atom. The van der Waals surface area contributed by atoms with E-state index in [0.717, 1.165) is 16.7 Å². The molecule has 0 spiro atoms. The number of sulfonamides is 1. The predicted octanol–water partition coefficient (Wildman–Crippen LogP) is 3.52. The van der Waals surface area contributed by atoms with Gasteiger partial charge in [-0.15, -0.1) is 0 Å². The van der Waals surface area contributed by atoms with Crippen LogP contribution in [-0.2, 0) is 34.1 Å². The van der Waals surface area contributed by atoms with Crippen LogP contribution in [-0.4, -0.2) is 41.6 Å². The number of aryl methyl sites for hydroxylation is 1. The minimum absolute atomic E-state index is 0.0512. The topological polar surface area (TPSA) is 93.7 Å². The minimum Gasteiger partial charge on any atom is -0.493 e. The van der Waals surface area contributed by atoms with Gasteiger partial charge in [0.25, 0.3) is 0 Å². The second kappa shape index (κ2) is 12.9. The largest absolute Gasteiger partial charge is 0.493 e. The molecule has 0 heterocycles. The maximum absolute atomic E-state index is 12.5. The maximum Gasteiger partial charge on any atom is 0.240 e. The van der Waals surface area contributed by atoms with Crippen LogP contribution in [0, 0.1) is 0 Å². The molecule has 0 radical (unpaired) electrons.